The van der Waals surface area contributed by atoms with E-state index in [1.54, 1.807) is 48.5 Å². The van der Waals surface area contributed by atoms with Crippen LogP contribution in [0, 0.1) is 17.2 Å². The summed E-state index contributed by atoms with van der Waals surface area (Å²) >= 11 is 0. The fraction of sp³-hybridized carbons (Fsp3) is 0.500. The largest absolute Gasteiger partial charge is 0.405 e. The minimum absolute atomic E-state index is 0.0460. The molecule has 0 saturated heterocycles. The summed E-state index contributed by atoms with van der Waals surface area (Å²) < 4.78 is 66.0. The van der Waals surface area contributed by atoms with Crippen molar-refractivity contribution in [3.05, 3.63) is 59.7 Å². The SMILES string of the molecule is CC(C)C[C@H](N[C@@H](c1ccc(-c2ccc(C3(C(=O)NCC(F)(F)F)CC3)cc2)cc1)C(F)F)C(=O)NC1(C#N)CC1. The summed E-state index contributed by atoms with van der Waals surface area (Å²) in [5.41, 5.74) is 0.518. The summed E-state index contributed by atoms with van der Waals surface area (Å²) in [5, 5.41) is 16.8. The van der Waals surface area contributed by atoms with E-state index in [4.69, 9.17) is 0 Å². The first-order chi connectivity index (χ1) is 19.3. The van der Waals surface area contributed by atoms with E-state index in [0.29, 0.717) is 43.2 Å². The molecule has 2 aliphatic carbocycles. The number of rotatable bonds is 12. The van der Waals surface area contributed by atoms with Crippen LogP contribution in [0.15, 0.2) is 48.5 Å². The van der Waals surface area contributed by atoms with Crippen molar-refractivity contribution in [1.29, 1.82) is 5.26 Å². The van der Waals surface area contributed by atoms with Crippen molar-refractivity contribution in [2.24, 2.45) is 5.92 Å². The number of carbonyl (C=O) groups excluding carboxylic acids is 2. The number of halogens is 5. The van der Waals surface area contributed by atoms with Gasteiger partial charge in [-0.05, 0) is 60.3 Å². The topological polar surface area (TPSA) is 94.0 Å². The Labute approximate surface area is 235 Å². The molecule has 220 valence electrons. The second-order valence-electron chi connectivity index (χ2n) is 11.4. The lowest BCUT2D eigenvalue weighted by atomic mass is 9.92. The van der Waals surface area contributed by atoms with Crippen molar-refractivity contribution < 1.29 is 31.5 Å². The van der Waals surface area contributed by atoms with Gasteiger partial charge in [0.1, 0.15) is 12.1 Å². The zero-order valence-electron chi connectivity index (χ0n) is 22.8. The molecule has 6 nitrogen and oxygen atoms in total. The molecule has 2 aromatic rings. The Morgan fingerprint density at radius 3 is 1.95 bits per heavy atom. The van der Waals surface area contributed by atoms with Crippen LogP contribution < -0.4 is 16.0 Å². The van der Waals surface area contributed by atoms with Crippen molar-refractivity contribution in [1.82, 2.24) is 16.0 Å². The molecule has 2 saturated carbocycles. The number of benzene rings is 2. The molecule has 2 fully saturated rings. The van der Waals surface area contributed by atoms with E-state index >= 15 is 0 Å². The molecule has 41 heavy (non-hydrogen) atoms. The zero-order valence-corrected chi connectivity index (χ0v) is 22.8. The van der Waals surface area contributed by atoms with Crippen LogP contribution in [0.5, 0.6) is 0 Å². The van der Waals surface area contributed by atoms with Gasteiger partial charge < -0.3 is 10.6 Å². The number of alkyl halides is 5. The number of nitrogens with zero attached hydrogens (tertiary/aromatic N) is 1. The van der Waals surface area contributed by atoms with Gasteiger partial charge in [-0.2, -0.15) is 18.4 Å². The van der Waals surface area contributed by atoms with Gasteiger partial charge >= 0.3 is 6.18 Å². The average Bonchev–Trinajstić information content (AvgIpc) is 3.85. The lowest BCUT2D eigenvalue weighted by Crippen LogP contribution is -2.51. The average molecular weight is 577 g/mol. The van der Waals surface area contributed by atoms with E-state index in [0.717, 1.165) is 11.1 Å². The Kier molecular flexibility index (Phi) is 8.73. The Morgan fingerprint density at radius 1 is 0.951 bits per heavy atom. The number of amides is 2. The highest BCUT2D eigenvalue weighted by molar-refractivity contribution is 5.91. The van der Waals surface area contributed by atoms with E-state index in [-0.39, 0.29) is 5.92 Å². The number of nitrogens with one attached hydrogen (secondary N) is 3. The standard InChI is InChI=1S/C30H33F5N4O2/c1-18(2)15-23(26(40)39-28(16-36)11-12-28)38-24(25(31)32)21-5-3-19(4-6-21)20-7-9-22(10-8-20)29(13-14-29)27(41)37-17-30(33,34)35/h3-10,18,23-25,38H,11-15,17H2,1-2H3,(H,37,41)(H,39,40)/t23-,24-/m0/s1. The first kappa shape index (κ1) is 30.4. The van der Waals surface area contributed by atoms with Crippen molar-refractivity contribution >= 4 is 11.8 Å². The highest BCUT2D eigenvalue weighted by atomic mass is 19.4. The maximum atomic E-state index is 14.2. The van der Waals surface area contributed by atoms with Gasteiger partial charge in [-0.3, -0.25) is 14.9 Å². The van der Waals surface area contributed by atoms with Crippen LogP contribution in [-0.2, 0) is 15.0 Å². The Morgan fingerprint density at radius 2 is 1.51 bits per heavy atom. The molecule has 2 aliphatic rings. The highest BCUT2D eigenvalue weighted by Crippen LogP contribution is 2.48. The molecule has 2 aromatic carbocycles. The summed E-state index contributed by atoms with van der Waals surface area (Å²) in [7, 11) is 0. The molecule has 0 radical (unpaired) electrons. The lowest BCUT2D eigenvalue weighted by Gasteiger charge is -2.27. The van der Waals surface area contributed by atoms with Gasteiger partial charge in [0, 0.05) is 0 Å². The van der Waals surface area contributed by atoms with Gasteiger partial charge in [-0.25, -0.2) is 8.78 Å². The number of nitriles is 1. The van der Waals surface area contributed by atoms with E-state index in [1.807, 2.05) is 19.2 Å². The van der Waals surface area contributed by atoms with Gasteiger partial charge in [0.25, 0.3) is 6.43 Å². The van der Waals surface area contributed by atoms with E-state index in [1.165, 1.54) is 0 Å². The first-order valence-electron chi connectivity index (χ1n) is 13.6. The predicted molar refractivity (Wildman–Crippen MR) is 143 cm³/mol. The summed E-state index contributed by atoms with van der Waals surface area (Å²) in [6, 6.07) is 13.1. The third-order valence-corrected chi connectivity index (χ3v) is 7.66. The van der Waals surface area contributed by atoms with Crippen LogP contribution in [-0.4, -0.2) is 42.5 Å². The molecule has 0 aliphatic heterocycles. The summed E-state index contributed by atoms with van der Waals surface area (Å²) in [6.45, 7) is 2.39. The molecule has 0 bridgehead atoms. The van der Waals surface area contributed by atoms with Crippen molar-refractivity contribution in [2.45, 2.75) is 81.6 Å². The molecule has 0 heterocycles. The second kappa shape index (κ2) is 11.8. The third-order valence-electron chi connectivity index (χ3n) is 7.66. The summed E-state index contributed by atoms with van der Waals surface area (Å²) in [5.74, 6) is -1.08. The quantitative estimate of drug-likeness (QED) is 0.289. The van der Waals surface area contributed by atoms with Crippen LogP contribution in [0.4, 0.5) is 22.0 Å². The predicted octanol–water partition coefficient (Wildman–Crippen LogP) is 5.55. The van der Waals surface area contributed by atoms with Crippen LogP contribution in [0.1, 0.15) is 63.1 Å². The molecule has 0 unspecified atom stereocenters. The minimum atomic E-state index is -4.49. The molecule has 2 amide bonds. The van der Waals surface area contributed by atoms with Gasteiger partial charge in [-0.15, -0.1) is 0 Å². The molecule has 0 spiro atoms. The van der Waals surface area contributed by atoms with Gasteiger partial charge in [-0.1, -0.05) is 62.4 Å². The molecule has 4 rings (SSSR count). The van der Waals surface area contributed by atoms with Gasteiger partial charge in [0.15, 0.2) is 0 Å². The Balaban J connectivity index is 1.46. The maximum absolute atomic E-state index is 14.2. The van der Waals surface area contributed by atoms with E-state index in [2.05, 4.69) is 16.7 Å². The van der Waals surface area contributed by atoms with Crippen LogP contribution in [0.3, 0.4) is 0 Å². The van der Waals surface area contributed by atoms with E-state index < -0.39 is 54.0 Å². The molecule has 0 aromatic heterocycles. The zero-order chi connectivity index (χ0) is 30.0. The second-order valence-corrected chi connectivity index (χ2v) is 11.4. The van der Waals surface area contributed by atoms with Crippen molar-refractivity contribution in [3.8, 4) is 17.2 Å². The Bertz CT molecular complexity index is 1280. The van der Waals surface area contributed by atoms with Crippen molar-refractivity contribution in [3.63, 3.8) is 0 Å². The van der Waals surface area contributed by atoms with Gasteiger partial charge in [0.2, 0.25) is 11.8 Å². The molecule has 11 heteroatoms. The number of hydrogen-bond donors (Lipinski definition) is 3. The van der Waals surface area contributed by atoms with Crippen LogP contribution >= 0.6 is 0 Å². The minimum Gasteiger partial charge on any atom is -0.346 e. The van der Waals surface area contributed by atoms with Crippen LogP contribution in [0.2, 0.25) is 0 Å². The monoisotopic (exact) mass is 576 g/mol. The smallest absolute Gasteiger partial charge is 0.346 e. The van der Waals surface area contributed by atoms with Crippen LogP contribution in [0.25, 0.3) is 11.1 Å². The maximum Gasteiger partial charge on any atom is 0.405 e. The normalized spacial score (nSPS) is 18.3. The summed E-state index contributed by atoms with van der Waals surface area (Å²) in [6.07, 6.45) is -4.98. The fourth-order valence-corrected chi connectivity index (χ4v) is 4.95. The van der Waals surface area contributed by atoms with Gasteiger partial charge in [0.05, 0.1) is 23.6 Å². The fourth-order valence-electron chi connectivity index (χ4n) is 4.95. The molecule has 2 atom stereocenters. The molecular formula is C30H33F5N4O2. The molecule has 3 N–H and O–H groups in total. The number of carbonyl (C=O) groups is 2. The molecular weight excluding hydrogens is 543 g/mol. The number of hydrogen-bond acceptors (Lipinski definition) is 4. The lowest BCUT2D eigenvalue weighted by molar-refractivity contribution is -0.139. The summed E-state index contributed by atoms with van der Waals surface area (Å²) in [4.78, 5) is 25.3. The highest BCUT2D eigenvalue weighted by Gasteiger charge is 2.51. The first-order valence-corrected chi connectivity index (χ1v) is 13.6. The van der Waals surface area contributed by atoms with E-state index in [9.17, 15) is 36.8 Å². The van der Waals surface area contributed by atoms with Crippen molar-refractivity contribution in [2.75, 3.05) is 6.54 Å². The Hall–Kier alpha value is -3.52. The third kappa shape index (κ3) is 7.41.